The lowest BCUT2D eigenvalue weighted by Crippen LogP contribution is -1.66. The first-order valence-electron chi connectivity index (χ1n) is 1.30. The Morgan fingerprint density at radius 1 is 1.33 bits per heavy atom. The minimum absolute atomic E-state index is 0.0216. The third-order valence-corrected chi connectivity index (χ3v) is 7.08. The Morgan fingerprint density at radius 3 is 1.67 bits per heavy atom. The fraction of sp³-hybridized carbons (Fsp3) is 1.00. The summed E-state index contributed by atoms with van der Waals surface area (Å²) in [4.78, 5) is 0. The van der Waals surface area contributed by atoms with Gasteiger partial charge in [-0.25, -0.2) is 0 Å². The van der Waals surface area contributed by atoms with E-state index in [4.69, 9.17) is 10.7 Å². The normalized spacial score (nSPS) is 10.0. The van der Waals surface area contributed by atoms with Gasteiger partial charge in [-0.3, -0.25) is 0 Å². The fourth-order valence-corrected chi connectivity index (χ4v) is 1.84. The molecule has 0 spiro atoms. The molecule has 0 rings (SSSR count). The maximum Gasteiger partial charge on any atom is 0.241 e. The molecule has 6 heavy (non-hydrogen) atoms. The molecule has 0 saturated carbocycles. The van der Waals surface area contributed by atoms with Crippen LogP contribution >= 0.6 is 32.3 Å². The van der Waals surface area contributed by atoms with Gasteiger partial charge in [-0.15, -0.1) is 0 Å². The summed E-state index contributed by atoms with van der Waals surface area (Å²) in [7, 11) is 8.99. The largest absolute Gasteiger partial charge is 0.241 e. The molecular weight excluding hydrogens is 156 g/mol. The quantitative estimate of drug-likeness (QED) is 0.451. The molecule has 0 amide bonds. The van der Waals surface area contributed by atoms with Crippen LogP contribution in [0.5, 0.6) is 0 Å². The topological polar surface area (TPSA) is 0 Å². The minimum Gasteiger partial charge on any atom is 0.0346 e. The molecule has 0 aliphatic rings. The zero-order valence-corrected chi connectivity index (χ0v) is 6.81. The Hall–Kier alpha value is 1.34. The van der Waals surface area contributed by atoms with E-state index in [1.807, 2.05) is 12.5 Å². The average molecular weight is 162 g/mol. The second-order valence-electron chi connectivity index (χ2n) is 0.527. The van der Waals surface area contributed by atoms with E-state index in [1.165, 1.54) is 0 Å². The molecule has 0 N–H and O–H groups in total. The Labute approximate surface area is 53.0 Å². The van der Waals surface area contributed by atoms with Gasteiger partial charge in [0.05, 0.1) is 0 Å². The van der Waals surface area contributed by atoms with Crippen LogP contribution in [0, 0.1) is 0 Å². The van der Waals surface area contributed by atoms with Gasteiger partial charge < -0.3 is 0 Å². The second-order valence-corrected chi connectivity index (χ2v) is 8.24. The van der Waals surface area contributed by atoms with Crippen molar-refractivity contribution in [1.29, 1.82) is 0 Å². The van der Waals surface area contributed by atoms with Crippen molar-refractivity contribution in [3.05, 3.63) is 0 Å². The summed E-state index contributed by atoms with van der Waals surface area (Å²) in [6.07, 6.45) is 4.01. The molecule has 0 heterocycles. The van der Waals surface area contributed by atoms with Crippen molar-refractivity contribution >= 4 is 40.4 Å². The molecule has 0 aromatic heterocycles. The van der Waals surface area contributed by atoms with Gasteiger partial charge in [-0.2, -0.15) is 0 Å². The van der Waals surface area contributed by atoms with Crippen molar-refractivity contribution in [1.82, 2.24) is 0 Å². The van der Waals surface area contributed by atoms with Gasteiger partial charge in [-0.1, -0.05) is 0 Å². The van der Waals surface area contributed by atoms with E-state index in [-0.39, 0.29) is 8.17 Å². The maximum absolute atomic E-state index is 5.60. The molecular formula is C2H6ClS3+. The van der Waals surface area contributed by atoms with E-state index in [0.717, 1.165) is 0 Å². The maximum atomic E-state index is 5.60. The van der Waals surface area contributed by atoms with Gasteiger partial charge in [-0.05, 0) is 0 Å². The highest BCUT2D eigenvalue weighted by Gasteiger charge is 2.11. The Morgan fingerprint density at radius 2 is 1.67 bits per heavy atom. The summed E-state index contributed by atoms with van der Waals surface area (Å²) >= 11 is 0. The number of hydrogen-bond acceptors (Lipinski definition) is 2. The molecule has 4 heteroatoms. The highest BCUT2D eigenvalue weighted by molar-refractivity contribution is 9.13. The molecule has 0 unspecified atom stereocenters. The number of rotatable bonds is 2. The van der Waals surface area contributed by atoms with Gasteiger partial charge in [0, 0.05) is 12.5 Å². The zero-order chi connectivity index (χ0) is 4.99. The molecule has 0 aliphatic carbocycles. The predicted molar refractivity (Wildman–Crippen MR) is 40.2 cm³/mol. The van der Waals surface area contributed by atoms with E-state index in [1.54, 1.807) is 21.6 Å². The highest BCUT2D eigenvalue weighted by atomic mass is 35.8. The summed E-state index contributed by atoms with van der Waals surface area (Å²) in [6.45, 7) is 0. The van der Waals surface area contributed by atoms with Crippen LogP contribution in [0.2, 0.25) is 0 Å². The third kappa shape index (κ3) is 3.53. The highest BCUT2D eigenvalue weighted by Crippen LogP contribution is 2.27. The van der Waals surface area contributed by atoms with Crippen LogP contribution in [0.1, 0.15) is 0 Å². The Bertz CT molecular complexity index is 28.0. The van der Waals surface area contributed by atoms with Crippen molar-refractivity contribution in [3.63, 3.8) is 0 Å². The first-order valence-corrected chi connectivity index (χ1v) is 6.84. The summed E-state index contributed by atoms with van der Waals surface area (Å²) in [6, 6.07) is 0. The Balaban J connectivity index is 2.75. The molecule has 0 nitrogen and oxygen atoms in total. The lowest BCUT2D eigenvalue weighted by molar-refractivity contribution is 2.54. The predicted octanol–water partition coefficient (Wildman–Crippen LogP) is 2.31. The molecule has 0 aromatic carbocycles. The van der Waals surface area contributed by atoms with Crippen LogP contribution in [0.4, 0.5) is 0 Å². The minimum atomic E-state index is 0.0216. The molecule has 0 aliphatic heterocycles. The molecule has 0 atom stereocenters. The lowest BCUT2D eigenvalue weighted by atomic mass is 12.0. The average Bonchev–Trinajstić information content (AvgIpc) is 1.65. The Kier molecular flexibility index (Phi) is 5.50. The third-order valence-electron chi connectivity index (χ3n) is 0.262. The van der Waals surface area contributed by atoms with Gasteiger partial charge in [0.2, 0.25) is 18.9 Å². The fourth-order valence-electron chi connectivity index (χ4n) is 0.0680. The molecule has 38 valence electrons. The summed E-state index contributed by atoms with van der Waals surface area (Å²) in [5.74, 6) is 0. The van der Waals surface area contributed by atoms with Crippen molar-refractivity contribution < 1.29 is 0 Å². The summed E-state index contributed by atoms with van der Waals surface area (Å²) in [5, 5.41) is 0. The van der Waals surface area contributed by atoms with Crippen LogP contribution in [-0.4, -0.2) is 12.5 Å². The van der Waals surface area contributed by atoms with E-state index < -0.39 is 0 Å². The molecule has 0 radical (unpaired) electrons. The number of hydrogen-bond donors (Lipinski definition) is 0. The molecule has 0 saturated heterocycles. The second kappa shape index (κ2) is 4.50. The molecule has 0 aromatic rings. The summed E-state index contributed by atoms with van der Waals surface area (Å²) in [5.41, 5.74) is 0. The van der Waals surface area contributed by atoms with Crippen LogP contribution in [0.25, 0.3) is 0 Å². The van der Waals surface area contributed by atoms with Gasteiger partial charge in [0.15, 0.2) is 0 Å². The van der Waals surface area contributed by atoms with Gasteiger partial charge >= 0.3 is 0 Å². The first-order chi connectivity index (χ1) is 2.81. The van der Waals surface area contributed by atoms with Gasteiger partial charge in [0.1, 0.15) is 21.6 Å². The van der Waals surface area contributed by atoms with Crippen molar-refractivity contribution in [2.75, 3.05) is 12.5 Å². The standard InChI is InChI=1S/C2H6ClS3/c1-4-6(3)5-2/h1-2H3/q+1. The number of halogens is 1. The van der Waals surface area contributed by atoms with E-state index in [2.05, 4.69) is 0 Å². The SMILES string of the molecule is CS[S+](Cl)SC. The monoisotopic (exact) mass is 161 g/mol. The van der Waals surface area contributed by atoms with Crippen molar-refractivity contribution in [2.24, 2.45) is 0 Å². The van der Waals surface area contributed by atoms with Crippen molar-refractivity contribution in [3.8, 4) is 0 Å². The van der Waals surface area contributed by atoms with Crippen LogP contribution < -0.4 is 0 Å². The van der Waals surface area contributed by atoms with Crippen LogP contribution in [0.3, 0.4) is 0 Å². The van der Waals surface area contributed by atoms with E-state index in [0.29, 0.717) is 0 Å². The smallest absolute Gasteiger partial charge is 0.0346 e. The first kappa shape index (κ1) is 7.34. The van der Waals surface area contributed by atoms with E-state index >= 15 is 0 Å². The van der Waals surface area contributed by atoms with E-state index in [9.17, 15) is 0 Å². The van der Waals surface area contributed by atoms with Crippen LogP contribution in [-0.2, 0) is 8.17 Å². The van der Waals surface area contributed by atoms with Crippen LogP contribution in [0.15, 0.2) is 0 Å². The van der Waals surface area contributed by atoms with Crippen molar-refractivity contribution in [2.45, 2.75) is 0 Å². The molecule has 0 fully saturated rings. The molecule has 0 bridgehead atoms. The lowest BCUT2D eigenvalue weighted by Gasteiger charge is -1.76. The summed E-state index contributed by atoms with van der Waals surface area (Å²) < 4.78 is 0. The van der Waals surface area contributed by atoms with Gasteiger partial charge in [0.25, 0.3) is 0 Å². The zero-order valence-electron chi connectivity index (χ0n) is 3.60.